The topological polar surface area (TPSA) is 38.3 Å². The molecule has 0 aliphatic carbocycles. The van der Waals surface area contributed by atoms with Crippen LogP contribution in [-0.4, -0.2) is 19.1 Å². The summed E-state index contributed by atoms with van der Waals surface area (Å²) in [7, 11) is 0. The SMILES string of the molecule is CCOC(=O)CCNc1cc(F)c(F)cc1F. The number of carbonyl (C=O) groups excluding carboxylic acids is 1. The Bertz CT molecular complexity index is 410. The van der Waals surface area contributed by atoms with Crippen LogP contribution in [0.4, 0.5) is 18.9 Å². The van der Waals surface area contributed by atoms with Gasteiger partial charge in [-0.15, -0.1) is 0 Å². The maximum Gasteiger partial charge on any atom is 0.307 e. The Morgan fingerprint density at radius 3 is 2.53 bits per heavy atom. The van der Waals surface area contributed by atoms with E-state index in [1.54, 1.807) is 6.92 Å². The summed E-state index contributed by atoms with van der Waals surface area (Å²) in [5.74, 6) is -3.75. The average Bonchev–Trinajstić information content (AvgIpc) is 2.26. The van der Waals surface area contributed by atoms with Crippen LogP contribution >= 0.6 is 0 Å². The number of nitrogens with one attached hydrogen (secondary N) is 1. The van der Waals surface area contributed by atoms with Crippen molar-refractivity contribution in [1.82, 2.24) is 0 Å². The Kier molecular flexibility index (Phi) is 4.81. The standard InChI is InChI=1S/C11H12F3NO2/c1-2-17-11(16)3-4-15-10-6-8(13)7(12)5-9(10)14/h5-6,15H,2-4H2,1H3. The second kappa shape index (κ2) is 6.12. The van der Waals surface area contributed by atoms with E-state index in [4.69, 9.17) is 0 Å². The second-order valence-corrected chi connectivity index (χ2v) is 3.23. The Morgan fingerprint density at radius 1 is 1.24 bits per heavy atom. The highest BCUT2D eigenvalue weighted by Gasteiger charge is 2.09. The number of hydrogen-bond acceptors (Lipinski definition) is 3. The van der Waals surface area contributed by atoms with Crippen LogP contribution in [0.15, 0.2) is 12.1 Å². The minimum Gasteiger partial charge on any atom is -0.466 e. The van der Waals surface area contributed by atoms with Gasteiger partial charge in [0.15, 0.2) is 11.6 Å². The van der Waals surface area contributed by atoms with Gasteiger partial charge in [0.1, 0.15) is 5.82 Å². The first kappa shape index (κ1) is 13.3. The van der Waals surface area contributed by atoms with Gasteiger partial charge in [-0.1, -0.05) is 0 Å². The third-order valence-corrected chi connectivity index (χ3v) is 1.96. The first-order valence-electron chi connectivity index (χ1n) is 5.08. The summed E-state index contributed by atoms with van der Waals surface area (Å²) in [5.41, 5.74) is -0.187. The largest absolute Gasteiger partial charge is 0.466 e. The number of carbonyl (C=O) groups is 1. The van der Waals surface area contributed by atoms with E-state index in [1.165, 1.54) is 0 Å². The van der Waals surface area contributed by atoms with E-state index in [0.29, 0.717) is 12.1 Å². The third-order valence-electron chi connectivity index (χ3n) is 1.96. The van der Waals surface area contributed by atoms with Crippen LogP contribution in [-0.2, 0) is 9.53 Å². The van der Waals surface area contributed by atoms with Gasteiger partial charge in [-0.3, -0.25) is 4.79 Å². The van der Waals surface area contributed by atoms with Gasteiger partial charge < -0.3 is 10.1 Å². The molecule has 0 spiro atoms. The van der Waals surface area contributed by atoms with Gasteiger partial charge in [-0.25, -0.2) is 13.2 Å². The molecule has 3 nitrogen and oxygen atoms in total. The van der Waals surface area contributed by atoms with Gasteiger partial charge in [0.05, 0.1) is 18.7 Å². The zero-order valence-corrected chi connectivity index (χ0v) is 9.23. The van der Waals surface area contributed by atoms with E-state index in [1.807, 2.05) is 0 Å². The molecule has 0 aliphatic rings. The Balaban J connectivity index is 2.52. The van der Waals surface area contributed by atoms with E-state index < -0.39 is 23.4 Å². The fourth-order valence-corrected chi connectivity index (χ4v) is 1.19. The first-order chi connectivity index (χ1) is 8.04. The van der Waals surface area contributed by atoms with Crippen molar-refractivity contribution in [3.05, 3.63) is 29.6 Å². The van der Waals surface area contributed by atoms with Crippen LogP contribution in [0.1, 0.15) is 13.3 Å². The van der Waals surface area contributed by atoms with E-state index in [9.17, 15) is 18.0 Å². The summed E-state index contributed by atoms with van der Waals surface area (Å²) in [6.45, 7) is 2.01. The lowest BCUT2D eigenvalue weighted by atomic mass is 10.2. The molecular weight excluding hydrogens is 235 g/mol. The third kappa shape index (κ3) is 3.97. The van der Waals surface area contributed by atoms with Crippen molar-refractivity contribution in [2.45, 2.75) is 13.3 Å². The zero-order valence-electron chi connectivity index (χ0n) is 9.23. The highest BCUT2D eigenvalue weighted by molar-refractivity contribution is 5.70. The number of ether oxygens (including phenoxy) is 1. The molecule has 94 valence electrons. The maximum absolute atomic E-state index is 13.1. The van der Waals surface area contributed by atoms with E-state index >= 15 is 0 Å². The van der Waals surface area contributed by atoms with E-state index in [0.717, 1.165) is 0 Å². The molecule has 6 heteroatoms. The highest BCUT2D eigenvalue weighted by Crippen LogP contribution is 2.18. The minimum absolute atomic E-state index is 0.0201. The molecule has 0 aromatic heterocycles. The summed E-state index contributed by atoms with van der Waals surface area (Å²) >= 11 is 0. The molecule has 1 aromatic carbocycles. The monoisotopic (exact) mass is 247 g/mol. The van der Waals surface area contributed by atoms with Gasteiger partial charge in [-0.2, -0.15) is 0 Å². The Hall–Kier alpha value is -1.72. The molecule has 1 aromatic rings. The smallest absolute Gasteiger partial charge is 0.307 e. The number of esters is 1. The highest BCUT2D eigenvalue weighted by atomic mass is 19.2. The summed E-state index contributed by atoms with van der Waals surface area (Å²) < 4.78 is 43.1. The fraction of sp³-hybridized carbons (Fsp3) is 0.364. The van der Waals surface area contributed by atoms with Gasteiger partial charge in [-0.05, 0) is 6.92 Å². The van der Waals surface area contributed by atoms with Crippen LogP contribution < -0.4 is 5.32 Å². The van der Waals surface area contributed by atoms with E-state index in [-0.39, 0.29) is 25.3 Å². The van der Waals surface area contributed by atoms with Gasteiger partial charge >= 0.3 is 5.97 Å². The maximum atomic E-state index is 13.1. The summed E-state index contributed by atoms with van der Waals surface area (Å²) in [5, 5.41) is 2.49. The van der Waals surface area contributed by atoms with Crippen molar-refractivity contribution in [2.24, 2.45) is 0 Å². The van der Waals surface area contributed by atoms with Crippen LogP contribution in [0, 0.1) is 17.5 Å². The molecule has 0 heterocycles. The quantitative estimate of drug-likeness (QED) is 0.641. The van der Waals surface area contributed by atoms with Crippen molar-refractivity contribution in [3.8, 4) is 0 Å². The van der Waals surface area contributed by atoms with Crippen molar-refractivity contribution < 1.29 is 22.7 Å². The molecule has 0 aliphatic heterocycles. The molecule has 0 unspecified atom stereocenters. The number of anilines is 1. The van der Waals surface area contributed by atoms with Crippen molar-refractivity contribution in [3.63, 3.8) is 0 Å². The number of halogens is 3. The van der Waals surface area contributed by atoms with Crippen LogP contribution in [0.2, 0.25) is 0 Å². The summed E-state index contributed by atoms with van der Waals surface area (Å²) in [6, 6.07) is 1.15. The molecule has 0 radical (unpaired) electrons. The lowest BCUT2D eigenvalue weighted by molar-refractivity contribution is -0.142. The summed E-state index contributed by atoms with van der Waals surface area (Å²) in [4.78, 5) is 10.9. The predicted molar refractivity (Wildman–Crippen MR) is 56.1 cm³/mol. The molecule has 0 atom stereocenters. The van der Waals surface area contributed by atoms with Gasteiger partial charge in [0.2, 0.25) is 0 Å². The zero-order chi connectivity index (χ0) is 12.8. The Morgan fingerprint density at radius 2 is 1.88 bits per heavy atom. The van der Waals surface area contributed by atoms with Gasteiger partial charge in [0.25, 0.3) is 0 Å². The van der Waals surface area contributed by atoms with Crippen molar-refractivity contribution in [1.29, 1.82) is 0 Å². The van der Waals surface area contributed by atoms with Gasteiger partial charge in [0, 0.05) is 18.7 Å². The molecule has 17 heavy (non-hydrogen) atoms. The molecule has 1 rings (SSSR count). The first-order valence-corrected chi connectivity index (χ1v) is 5.08. The summed E-state index contributed by atoms with van der Waals surface area (Å²) in [6.07, 6.45) is 0.0201. The van der Waals surface area contributed by atoms with Crippen molar-refractivity contribution in [2.75, 3.05) is 18.5 Å². The molecule has 0 fully saturated rings. The van der Waals surface area contributed by atoms with Crippen molar-refractivity contribution >= 4 is 11.7 Å². The predicted octanol–water partition coefficient (Wildman–Crippen LogP) is 2.47. The Labute approximate surface area is 96.6 Å². The van der Waals surface area contributed by atoms with Crippen LogP contribution in [0.3, 0.4) is 0 Å². The number of hydrogen-bond donors (Lipinski definition) is 1. The average molecular weight is 247 g/mol. The molecule has 0 saturated heterocycles. The van der Waals surface area contributed by atoms with E-state index in [2.05, 4.69) is 10.1 Å². The van der Waals surface area contributed by atoms with Crippen LogP contribution in [0.25, 0.3) is 0 Å². The lowest BCUT2D eigenvalue weighted by Crippen LogP contribution is -2.12. The fourth-order valence-electron chi connectivity index (χ4n) is 1.19. The molecule has 0 saturated carbocycles. The lowest BCUT2D eigenvalue weighted by Gasteiger charge is -2.07. The molecular formula is C11H12F3NO2. The number of rotatable bonds is 5. The second-order valence-electron chi connectivity index (χ2n) is 3.23. The number of benzene rings is 1. The van der Waals surface area contributed by atoms with Crippen LogP contribution in [0.5, 0.6) is 0 Å². The molecule has 1 N–H and O–H groups in total. The minimum atomic E-state index is -1.25. The normalized spacial score (nSPS) is 10.1. The molecule has 0 bridgehead atoms. The molecule has 0 amide bonds.